The van der Waals surface area contributed by atoms with Crippen LogP contribution in [0.1, 0.15) is 33.7 Å². The molecule has 5 nitrogen and oxygen atoms in total. The summed E-state index contributed by atoms with van der Waals surface area (Å²) in [6.45, 7) is 4.17. The van der Waals surface area contributed by atoms with E-state index in [2.05, 4.69) is 0 Å². The second kappa shape index (κ2) is 6.43. The first-order chi connectivity index (χ1) is 11.3. The van der Waals surface area contributed by atoms with Crippen molar-refractivity contribution < 1.29 is 17.6 Å². The predicted octanol–water partition coefficient (Wildman–Crippen LogP) is 2.73. The van der Waals surface area contributed by atoms with Gasteiger partial charge in [-0.2, -0.15) is 0 Å². The van der Waals surface area contributed by atoms with Crippen LogP contribution in [0.2, 0.25) is 0 Å². The lowest BCUT2D eigenvalue weighted by atomic mass is 10.1. The summed E-state index contributed by atoms with van der Waals surface area (Å²) in [5.74, 6) is 0.647. The number of benzene rings is 1. The fourth-order valence-corrected chi connectivity index (χ4v) is 4.95. The van der Waals surface area contributed by atoms with E-state index in [0.717, 1.165) is 11.1 Å². The molecule has 1 aromatic carbocycles. The number of hydrogen-bond donors (Lipinski definition) is 0. The number of carbonyl (C=O) groups is 1. The topological polar surface area (TPSA) is 67.6 Å². The fraction of sp³-hybridized carbons (Fsp3) is 0.389. The number of amides is 1. The molecule has 0 saturated carbocycles. The highest BCUT2D eigenvalue weighted by Crippen LogP contribution is 2.23. The lowest BCUT2D eigenvalue weighted by Crippen LogP contribution is -2.40. The van der Waals surface area contributed by atoms with Crippen molar-refractivity contribution in [3.05, 3.63) is 59.0 Å². The molecular weight excluding hydrogens is 326 g/mol. The molecule has 0 aliphatic carbocycles. The molecule has 1 aliphatic heterocycles. The van der Waals surface area contributed by atoms with Gasteiger partial charge in [0.25, 0.3) is 5.91 Å². The van der Waals surface area contributed by atoms with E-state index < -0.39 is 9.84 Å². The molecular formula is C18H21NO4S. The molecule has 0 bridgehead atoms. The van der Waals surface area contributed by atoms with Crippen LogP contribution in [0.5, 0.6) is 0 Å². The Morgan fingerprint density at radius 1 is 1.25 bits per heavy atom. The summed E-state index contributed by atoms with van der Waals surface area (Å²) >= 11 is 0. The van der Waals surface area contributed by atoms with E-state index in [1.54, 1.807) is 23.3 Å². The molecule has 1 fully saturated rings. The quantitative estimate of drug-likeness (QED) is 0.853. The van der Waals surface area contributed by atoms with Gasteiger partial charge in [-0.15, -0.1) is 0 Å². The van der Waals surface area contributed by atoms with Crippen molar-refractivity contribution in [3.63, 3.8) is 0 Å². The second-order valence-corrected chi connectivity index (χ2v) is 8.67. The molecule has 2 aromatic rings. The summed E-state index contributed by atoms with van der Waals surface area (Å²) in [6.07, 6.45) is 2.03. The molecule has 1 saturated heterocycles. The first kappa shape index (κ1) is 16.8. The van der Waals surface area contributed by atoms with Gasteiger partial charge in [-0.25, -0.2) is 8.42 Å². The Labute approximate surface area is 142 Å². The Bertz CT molecular complexity index is 820. The van der Waals surface area contributed by atoms with Gasteiger partial charge >= 0.3 is 0 Å². The van der Waals surface area contributed by atoms with Gasteiger partial charge < -0.3 is 9.32 Å². The van der Waals surface area contributed by atoms with Gasteiger partial charge in [0, 0.05) is 11.6 Å². The van der Waals surface area contributed by atoms with Crippen LogP contribution in [0.25, 0.3) is 0 Å². The standard InChI is InChI=1S/C18H21NO4S/c1-13-8-14(2)10-15(9-13)18(20)19(11-17-4-3-6-23-17)16-5-7-24(21,22)12-16/h3-4,6,8-10,16H,5,7,11-12H2,1-2H3. The zero-order chi connectivity index (χ0) is 17.3. The highest BCUT2D eigenvalue weighted by molar-refractivity contribution is 7.91. The average Bonchev–Trinajstić information content (AvgIpc) is 3.12. The Balaban J connectivity index is 1.92. The van der Waals surface area contributed by atoms with Crippen molar-refractivity contribution in [2.24, 2.45) is 0 Å². The maximum atomic E-state index is 13.1. The summed E-state index contributed by atoms with van der Waals surface area (Å²) in [4.78, 5) is 14.7. The van der Waals surface area contributed by atoms with E-state index in [0.29, 0.717) is 17.7 Å². The molecule has 0 N–H and O–H groups in total. The predicted molar refractivity (Wildman–Crippen MR) is 91.6 cm³/mol. The van der Waals surface area contributed by atoms with Gasteiger partial charge in [0.05, 0.1) is 24.3 Å². The van der Waals surface area contributed by atoms with Gasteiger partial charge in [0.15, 0.2) is 9.84 Å². The Morgan fingerprint density at radius 3 is 2.50 bits per heavy atom. The van der Waals surface area contributed by atoms with Crippen LogP contribution in [0.4, 0.5) is 0 Å². The lowest BCUT2D eigenvalue weighted by molar-refractivity contribution is 0.0666. The SMILES string of the molecule is Cc1cc(C)cc(C(=O)N(Cc2ccco2)C2CCS(=O)(=O)C2)c1. The third-order valence-electron chi connectivity index (χ3n) is 4.28. The molecule has 24 heavy (non-hydrogen) atoms. The number of sulfone groups is 1. The molecule has 1 atom stereocenters. The number of furan rings is 1. The zero-order valence-electron chi connectivity index (χ0n) is 13.9. The molecule has 6 heteroatoms. The summed E-state index contributed by atoms with van der Waals surface area (Å²) < 4.78 is 29.1. The molecule has 3 rings (SSSR count). The maximum absolute atomic E-state index is 13.1. The monoisotopic (exact) mass is 347 g/mol. The van der Waals surface area contributed by atoms with Crippen LogP contribution in [0.3, 0.4) is 0 Å². The summed E-state index contributed by atoms with van der Waals surface area (Å²) in [5, 5.41) is 0. The molecule has 128 valence electrons. The second-order valence-electron chi connectivity index (χ2n) is 6.45. The number of aryl methyl sites for hydroxylation is 2. The molecule has 0 spiro atoms. The van der Waals surface area contributed by atoms with Crippen molar-refractivity contribution in [2.45, 2.75) is 32.9 Å². The van der Waals surface area contributed by atoms with Crippen LogP contribution in [0, 0.1) is 13.8 Å². The van der Waals surface area contributed by atoms with Crippen LogP contribution in [-0.2, 0) is 16.4 Å². The highest BCUT2D eigenvalue weighted by Gasteiger charge is 2.35. The Hall–Kier alpha value is -2.08. The summed E-state index contributed by atoms with van der Waals surface area (Å²) in [7, 11) is -3.08. The molecule has 1 amide bonds. The third-order valence-corrected chi connectivity index (χ3v) is 6.04. The van der Waals surface area contributed by atoms with E-state index in [1.165, 1.54) is 0 Å². The number of carbonyl (C=O) groups excluding carboxylic acids is 1. The molecule has 1 aliphatic rings. The summed E-state index contributed by atoms with van der Waals surface area (Å²) in [6, 6.07) is 8.94. The van der Waals surface area contributed by atoms with Crippen LogP contribution >= 0.6 is 0 Å². The number of hydrogen-bond acceptors (Lipinski definition) is 4. The number of rotatable bonds is 4. The lowest BCUT2D eigenvalue weighted by Gasteiger charge is -2.27. The molecule has 1 unspecified atom stereocenters. The Kier molecular flexibility index (Phi) is 4.49. The first-order valence-corrected chi connectivity index (χ1v) is 9.78. The smallest absolute Gasteiger partial charge is 0.254 e. The van der Waals surface area contributed by atoms with E-state index in [9.17, 15) is 13.2 Å². The van der Waals surface area contributed by atoms with Gasteiger partial charge in [-0.3, -0.25) is 4.79 Å². The maximum Gasteiger partial charge on any atom is 0.254 e. The van der Waals surface area contributed by atoms with Gasteiger partial charge in [0.2, 0.25) is 0 Å². The van der Waals surface area contributed by atoms with Gasteiger partial charge in [-0.1, -0.05) is 17.2 Å². The van der Waals surface area contributed by atoms with Crippen LogP contribution < -0.4 is 0 Å². The highest BCUT2D eigenvalue weighted by atomic mass is 32.2. The minimum atomic E-state index is -3.08. The molecule has 1 aromatic heterocycles. The van der Waals surface area contributed by atoms with E-state index >= 15 is 0 Å². The van der Waals surface area contributed by atoms with Crippen LogP contribution in [0.15, 0.2) is 41.0 Å². The van der Waals surface area contributed by atoms with Crippen molar-refractivity contribution in [1.29, 1.82) is 0 Å². The van der Waals surface area contributed by atoms with Crippen LogP contribution in [-0.4, -0.2) is 36.8 Å². The Morgan fingerprint density at radius 2 is 1.96 bits per heavy atom. The van der Waals surface area contributed by atoms with Crippen molar-refractivity contribution in [1.82, 2.24) is 4.90 Å². The van der Waals surface area contributed by atoms with Gasteiger partial charge in [-0.05, 0) is 44.5 Å². The van der Waals surface area contributed by atoms with Crippen molar-refractivity contribution in [2.75, 3.05) is 11.5 Å². The number of nitrogens with zero attached hydrogens (tertiary/aromatic N) is 1. The third kappa shape index (κ3) is 3.70. The van der Waals surface area contributed by atoms with Gasteiger partial charge in [0.1, 0.15) is 5.76 Å². The van der Waals surface area contributed by atoms with Crippen molar-refractivity contribution in [3.8, 4) is 0 Å². The van der Waals surface area contributed by atoms with E-state index in [-0.39, 0.29) is 30.0 Å². The minimum absolute atomic E-state index is 0.0181. The molecule has 2 heterocycles. The average molecular weight is 347 g/mol. The summed E-state index contributed by atoms with van der Waals surface area (Å²) in [5.41, 5.74) is 2.61. The fourth-order valence-electron chi connectivity index (χ4n) is 3.22. The largest absolute Gasteiger partial charge is 0.467 e. The molecule has 0 radical (unpaired) electrons. The van der Waals surface area contributed by atoms with Crippen molar-refractivity contribution >= 4 is 15.7 Å². The minimum Gasteiger partial charge on any atom is -0.467 e. The normalized spacial score (nSPS) is 19.3. The first-order valence-electron chi connectivity index (χ1n) is 7.96. The van der Waals surface area contributed by atoms with E-state index in [1.807, 2.05) is 32.0 Å². The zero-order valence-corrected chi connectivity index (χ0v) is 14.7. The van der Waals surface area contributed by atoms with E-state index in [4.69, 9.17) is 4.42 Å².